The molecule has 2 heterocycles. The van der Waals surface area contributed by atoms with Crippen molar-refractivity contribution in [3.63, 3.8) is 0 Å². The fourth-order valence-corrected chi connectivity index (χ4v) is 2.56. The maximum Gasteiger partial charge on any atom is 0.190 e. The van der Waals surface area contributed by atoms with Gasteiger partial charge in [-0.15, -0.1) is 5.10 Å². The summed E-state index contributed by atoms with van der Waals surface area (Å²) in [5.74, 6) is 0.0952. The molecule has 6 nitrogen and oxygen atoms in total. The Morgan fingerprint density at radius 2 is 1.79 bits per heavy atom. The number of nitrogens with zero attached hydrogens (tertiary/aromatic N) is 5. The van der Waals surface area contributed by atoms with E-state index in [-0.39, 0.29) is 5.82 Å². The zero-order valence-corrected chi connectivity index (χ0v) is 12.9. The lowest BCUT2D eigenvalue weighted by atomic mass is 10.1. The van der Waals surface area contributed by atoms with Crippen molar-refractivity contribution in [2.24, 2.45) is 0 Å². The van der Waals surface area contributed by atoms with Gasteiger partial charge in [0.2, 0.25) is 0 Å². The van der Waals surface area contributed by atoms with Gasteiger partial charge in [-0.3, -0.25) is 5.10 Å². The van der Waals surface area contributed by atoms with Crippen molar-refractivity contribution in [1.29, 1.82) is 0 Å². The fraction of sp³-hybridized carbons (Fsp3) is 0. The van der Waals surface area contributed by atoms with E-state index in [0.717, 1.165) is 5.69 Å². The fourth-order valence-electron chi connectivity index (χ4n) is 2.44. The van der Waals surface area contributed by atoms with E-state index in [2.05, 4.69) is 25.7 Å². The molecule has 0 aliphatic carbocycles. The quantitative estimate of drug-likeness (QED) is 0.619. The normalized spacial score (nSPS) is 10.9. The van der Waals surface area contributed by atoms with Crippen LogP contribution in [0.2, 0.25) is 5.02 Å². The second kappa shape index (κ2) is 5.86. The van der Waals surface area contributed by atoms with Crippen molar-refractivity contribution in [2.75, 3.05) is 0 Å². The average Bonchev–Trinajstić information content (AvgIpc) is 3.24. The second-order valence-electron chi connectivity index (χ2n) is 5.03. The lowest BCUT2D eigenvalue weighted by Gasteiger charge is -2.06. The average molecular weight is 341 g/mol. The summed E-state index contributed by atoms with van der Waals surface area (Å²) in [5, 5.41) is 19.3. The Morgan fingerprint density at radius 1 is 1.00 bits per heavy atom. The molecular formula is C16H10ClFN6. The second-order valence-corrected chi connectivity index (χ2v) is 5.47. The molecule has 4 rings (SSSR count). The first kappa shape index (κ1) is 14.5. The van der Waals surface area contributed by atoms with Crippen LogP contribution in [0.3, 0.4) is 0 Å². The lowest BCUT2D eigenvalue weighted by Crippen LogP contribution is -2.00. The minimum absolute atomic E-state index is 0.353. The van der Waals surface area contributed by atoms with Gasteiger partial charge < -0.3 is 0 Å². The van der Waals surface area contributed by atoms with E-state index in [4.69, 9.17) is 11.6 Å². The molecule has 0 saturated carbocycles. The van der Waals surface area contributed by atoms with E-state index in [9.17, 15) is 4.39 Å². The number of halogens is 2. The maximum absolute atomic E-state index is 14.1. The summed E-state index contributed by atoms with van der Waals surface area (Å²) in [6.45, 7) is 0. The molecule has 0 aliphatic rings. The summed E-state index contributed by atoms with van der Waals surface area (Å²) < 4.78 is 15.7. The Kier molecular flexibility index (Phi) is 3.55. The van der Waals surface area contributed by atoms with E-state index < -0.39 is 0 Å². The largest absolute Gasteiger partial charge is 0.277 e. The Bertz CT molecular complexity index is 992. The number of hydrogen-bond acceptors (Lipinski definition) is 4. The van der Waals surface area contributed by atoms with Gasteiger partial charge in [-0.05, 0) is 46.8 Å². The van der Waals surface area contributed by atoms with Gasteiger partial charge in [0.1, 0.15) is 5.82 Å². The van der Waals surface area contributed by atoms with Crippen LogP contribution in [-0.2, 0) is 0 Å². The number of benzene rings is 2. The summed E-state index contributed by atoms with van der Waals surface area (Å²) >= 11 is 5.92. The summed E-state index contributed by atoms with van der Waals surface area (Å²) in [6, 6.07) is 13.5. The van der Waals surface area contributed by atoms with E-state index in [0.29, 0.717) is 27.7 Å². The van der Waals surface area contributed by atoms with Crippen molar-refractivity contribution < 1.29 is 4.39 Å². The smallest absolute Gasteiger partial charge is 0.190 e. The standard InChI is InChI=1S/C16H10ClFN6/c17-10-5-7-11(8-6-10)24-16(21-22-23-24)13-9-19-20-15(13)12-3-1-2-4-14(12)18/h1-9H,(H,19,20). The SMILES string of the molecule is Fc1ccccc1-c1[nH]ncc1-c1nnnn1-c1ccc(Cl)cc1. The topological polar surface area (TPSA) is 72.3 Å². The van der Waals surface area contributed by atoms with Crippen LogP contribution < -0.4 is 0 Å². The molecular weight excluding hydrogens is 331 g/mol. The third-order valence-corrected chi connectivity index (χ3v) is 3.82. The van der Waals surface area contributed by atoms with Crippen LogP contribution in [0.4, 0.5) is 4.39 Å². The van der Waals surface area contributed by atoms with Crippen molar-refractivity contribution in [1.82, 2.24) is 30.4 Å². The molecule has 0 unspecified atom stereocenters. The molecule has 118 valence electrons. The van der Waals surface area contributed by atoms with Gasteiger partial charge in [0.15, 0.2) is 5.82 Å². The zero-order chi connectivity index (χ0) is 16.5. The Balaban J connectivity index is 1.85. The molecule has 24 heavy (non-hydrogen) atoms. The summed E-state index contributed by atoms with van der Waals surface area (Å²) in [4.78, 5) is 0. The van der Waals surface area contributed by atoms with Crippen molar-refractivity contribution >= 4 is 11.6 Å². The summed E-state index contributed by atoms with van der Waals surface area (Å²) in [5.41, 5.74) is 2.24. The first-order valence-corrected chi connectivity index (χ1v) is 7.45. The molecule has 0 radical (unpaired) electrons. The first-order chi connectivity index (χ1) is 11.7. The molecule has 4 aromatic rings. The molecule has 0 bridgehead atoms. The zero-order valence-electron chi connectivity index (χ0n) is 12.2. The van der Waals surface area contributed by atoms with Gasteiger partial charge in [0, 0.05) is 10.6 Å². The predicted molar refractivity (Wildman–Crippen MR) is 87.1 cm³/mol. The first-order valence-electron chi connectivity index (χ1n) is 7.07. The number of H-pyrrole nitrogens is 1. The molecule has 2 aromatic heterocycles. The summed E-state index contributed by atoms with van der Waals surface area (Å²) in [7, 11) is 0. The molecule has 0 saturated heterocycles. The van der Waals surface area contributed by atoms with E-state index in [1.54, 1.807) is 53.3 Å². The molecule has 1 N–H and O–H groups in total. The number of hydrogen-bond donors (Lipinski definition) is 1. The van der Waals surface area contributed by atoms with Gasteiger partial charge in [-0.25, -0.2) is 4.39 Å². The maximum atomic E-state index is 14.1. The van der Waals surface area contributed by atoms with Gasteiger partial charge in [0.05, 0.1) is 23.1 Å². The molecule has 0 amide bonds. The number of aromatic nitrogens is 6. The molecule has 0 fully saturated rings. The van der Waals surface area contributed by atoms with E-state index in [1.165, 1.54) is 6.07 Å². The van der Waals surface area contributed by atoms with Crippen LogP contribution in [0, 0.1) is 5.82 Å². The van der Waals surface area contributed by atoms with E-state index >= 15 is 0 Å². The van der Waals surface area contributed by atoms with Crippen LogP contribution in [0.1, 0.15) is 0 Å². The number of tetrazole rings is 1. The highest BCUT2D eigenvalue weighted by atomic mass is 35.5. The van der Waals surface area contributed by atoms with E-state index in [1.807, 2.05) is 0 Å². The van der Waals surface area contributed by atoms with Crippen molar-refractivity contribution in [3.05, 3.63) is 65.6 Å². The number of aromatic amines is 1. The Morgan fingerprint density at radius 3 is 2.58 bits per heavy atom. The molecule has 0 aliphatic heterocycles. The van der Waals surface area contributed by atoms with Crippen LogP contribution in [-0.4, -0.2) is 30.4 Å². The van der Waals surface area contributed by atoms with Gasteiger partial charge in [-0.1, -0.05) is 23.7 Å². The Labute approximate surface area is 140 Å². The molecule has 8 heteroatoms. The molecule has 0 spiro atoms. The summed E-state index contributed by atoms with van der Waals surface area (Å²) in [6.07, 6.45) is 1.57. The lowest BCUT2D eigenvalue weighted by molar-refractivity contribution is 0.630. The highest BCUT2D eigenvalue weighted by Gasteiger charge is 2.19. The highest BCUT2D eigenvalue weighted by molar-refractivity contribution is 6.30. The number of rotatable bonds is 3. The van der Waals surface area contributed by atoms with Gasteiger partial charge in [0.25, 0.3) is 0 Å². The third kappa shape index (κ3) is 2.44. The highest BCUT2D eigenvalue weighted by Crippen LogP contribution is 2.31. The Hall–Kier alpha value is -3.06. The minimum Gasteiger partial charge on any atom is -0.277 e. The molecule has 0 atom stereocenters. The van der Waals surface area contributed by atoms with Crippen molar-refractivity contribution in [3.8, 4) is 28.3 Å². The van der Waals surface area contributed by atoms with Gasteiger partial charge >= 0.3 is 0 Å². The van der Waals surface area contributed by atoms with Gasteiger partial charge in [-0.2, -0.15) is 9.78 Å². The van der Waals surface area contributed by atoms with Crippen LogP contribution >= 0.6 is 11.6 Å². The predicted octanol–water partition coefficient (Wildman–Crippen LogP) is 3.51. The van der Waals surface area contributed by atoms with Crippen LogP contribution in [0.25, 0.3) is 28.3 Å². The number of nitrogens with one attached hydrogen (secondary N) is 1. The monoisotopic (exact) mass is 340 g/mol. The minimum atomic E-state index is -0.353. The van der Waals surface area contributed by atoms with Crippen LogP contribution in [0.5, 0.6) is 0 Å². The van der Waals surface area contributed by atoms with Crippen molar-refractivity contribution in [2.45, 2.75) is 0 Å². The molecule has 2 aromatic carbocycles. The third-order valence-electron chi connectivity index (χ3n) is 3.56. The van der Waals surface area contributed by atoms with Crippen LogP contribution in [0.15, 0.2) is 54.7 Å².